The highest BCUT2D eigenvalue weighted by Crippen LogP contribution is 2.25. The second-order valence-corrected chi connectivity index (χ2v) is 7.10. The molecule has 1 N–H and O–H groups in total. The fourth-order valence-electron chi connectivity index (χ4n) is 3.20. The van der Waals surface area contributed by atoms with Gasteiger partial charge in [-0.1, -0.05) is 84.9 Å². The van der Waals surface area contributed by atoms with Crippen molar-refractivity contribution in [3.63, 3.8) is 0 Å². The van der Waals surface area contributed by atoms with Crippen molar-refractivity contribution in [1.29, 1.82) is 0 Å². The Labute approximate surface area is 167 Å². The summed E-state index contributed by atoms with van der Waals surface area (Å²) in [5.74, 6) is -0.335. The number of hydrogen-bond acceptors (Lipinski definition) is 2. The van der Waals surface area contributed by atoms with E-state index in [-0.39, 0.29) is 17.9 Å². The molecule has 0 radical (unpaired) electrons. The predicted octanol–water partition coefficient (Wildman–Crippen LogP) is 5.06. The monoisotopic (exact) mass is 373 g/mol. The predicted molar refractivity (Wildman–Crippen MR) is 113 cm³/mol. The maximum absolute atomic E-state index is 13.2. The van der Waals surface area contributed by atoms with Gasteiger partial charge in [-0.25, -0.2) is 0 Å². The molecule has 0 aromatic heterocycles. The highest BCUT2D eigenvalue weighted by Gasteiger charge is 2.22. The van der Waals surface area contributed by atoms with Crippen molar-refractivity contribution in [2.75, 3.05) is 0 Å². The number of benzene rings is 3. The van der Waals surface area contributed by atoms with E-state index in [9.17, 15) is 4.79 Å². The van der Waals surface area contributed by atoms with Crippen LogP contribution in [-0.4, -0.2) is 12.0 Å². The summed E-state index contributed by atoms with van der Waals surface area (Å²) in [6, 6.07) is 27.9. The number of carbonyl (C=O) groups is 1. The quantitative estimate of drug-likeness (QED) is 0.599. The summed E-state index contributed by atoms with van der Waals surface area (Å²) in [6.45, 7) is 5.07. The molecule has 3 aromatic rings. The van der Waals surface area contributed by atoms with Crippen LogP contribution in [0.15, 0.2) is 84.9 Å². The minimum absolute atomic E-state index is 0.00280. The van der Waals surface area contributed by atoms with Gasteiger partial charge in [-0.05, 0) is 36.1 Å². The lowest BCUT2D eigenvalue weighted by Gasteiger charge is -2.19. The highest BCUT2D eigenvalue weighted by atomic mass is 16.5. The standard InChI is InChI=1S/C25H27NO2/c1-19(2)28-18-23-16-10-9-15-22(23)17-26-25(27)24(20-11-5-3-6-12-20)21-13-7-4-8-14-21/h3-16,19,24H,17-18H2,1-2H3,(H,26,27). The largest absolute Gasteiger partial charge is 0.374 e. The van der Waals surface area contributed by atoms with E-state index < -0.39 is 0 Å². The van der Waals surface area contributed by atoms with Gasteiger partial charge in [-0.3, -0.25) is 4.79 Å². The van der Waals surface area contributed by atoms with Crippen LogP contribution >= 0.6 is 0 Å². The Morgan fingerprint density at radius 1 is 0.786 bits per heavy atom. The Bertz CT molecular complexity index is 836. The molecule has 0 unspecified atom stereocenters. The maximum atomic E-state index is 13.2. The molecular formula is C25H27NO2. The Balaban J connectivity index is 1.77. The topological polar surface area (TPSA) is 38.3 Å². The van der Waals surface area contributed by atoms with Crippen molar-refractivity contribution in [1.82, 2.24) is 5.32 Å². The van der Waals surface area contributed by atoms with Gasteiger partial charge in [0.15, 0.2) is 0 Å². The minimum atomic E-state index is -0.332. The van der Waals surface area contributed by atoms with Crippen LogP contribution in [0.3, 0.4) is 0 Å². The van der Waals surface area contributed by atoms with E-state index >= 15 is 0 Å². The van der Waals surface area contributed by atoms with Gasteiger partial charge in [0.05, 0.1) is 18.6 Å². The summed E-state index contributed by atoms with van der Waals surface area (Å²) < 4.78 is 5.75. The second-order valence-electron chi connectivity index (χ2n) is 7.10. The molecule has 0 saturated carbocycles. The van der Waals surface area contributed by atoms with E-state index in [1.54, 1.807) is 0 Å². The molecule has 0 atom stereocenters. The Kier molecular flexibility index (Phi) is 6.99. The van der Waals surface area contributed by atoms with Crippen LogP contribution in [0, 0.1) is 0 Å². The lowest BCUT2D eigenvalue weighted by atomic mass is 9.90. The van der Waals surface area contributed by atoms with Crippen LogP contribution in [0.4, 0.5) is 0 Å². The third-order valence-electron chi connectivity index (χ3n) is 4.67. The fourth-order valence-corrected chi connectivity index (χ4v) is 3.20. The molecule has 3 heteroatoms. The van der Waals surface area contributed by atoms with Gasteiger partial charge < -0.3 is 10.1 Å². The zero-order valence-electron chi connectivity index (χ0n) is 16.5. The molecule has 0 bridgehead atoms. The van der Waals surface area contributed by atoms with E-state index in [0.717, 1.165) is 22.3 Å². The van der Waals surface area contributed by atoms with Crippen molar-refractivity contribution >= 4 is 5.91 Å². The van der Waals surface area contributed by atoms with E-state index in [1.807, 2.05) is 92.7 Å². The molecule has 144 valence electrons. The van der Waals surface area contributed by atoms with Gasteiger partial charge in [0.25, 0.3) is 0 Å². The Morgan fingerprint density at radius 2 is 1.29 bits per heavy atom. The Morgan fingerprint density at radius 3 is 1.82 bits per heavy atom. The number of nitrogens with one attached hydrogen (secondary N) is 1. The molecule has 0 aliphatic rings. The molecule has 3 rings (SSSR count). The summed E-state index contributed by atoms with van der Waals surface area (Å²) in [5, 5.41) is 3.13. The van der Waals surface area contributed by atoms with Crippen LogP contribution in [-0.2, 0) is 22.7 Å². The molecule has 0 aliphatic heterocycles. The summed E-state index contributed by atoms with van der Waals surface area (Å²) in [7, 11) is 0. The Hall–Kier alpha value is -2.91. The number of hydrogen-bond donors (Lipinski definition) is 1. The third-order valence-corrected chi connectivity index (χ3v) is 4.67. The van der Waals surface area contributed by atoms with Gasteiger partial charge in [0.2, 0.25) is 5.91 Å². The van der Waals surface area contributed by atoms with Crippen molar-refractivity contribution in [2.24, 2.45) is 0 Å². The van der Waals surface area contributed by atoms with Crippen LogP contribution < -0.4 is 5.32 Å². The summed E-state index contributed by atoms with van der Waals surface area (Å²) >= 11 is 0. The maximum Gasteiger partial charge on any atom is 0.232 e. The minimum Gasteiger partial charge on any atom is -0.374 e. The molecular weight excluding hydrogens is 346 g/mol. The second kappa shape index (κ2) is 9.86. The van der Waals surface area contributed by atoms with Gasteiger partial charge in [-0.2, -0.15) is 0 Å². The van der Waals surface area contributed by atoms with Gasteiger partial charge in [0.1, 0.15) is 0 Å². The van der Waals surface area contributed by atoms with Gasteiger partial charge in [0, 0.05) is 6.54 Å². The van der Waals surface area contributed by atoms with E-state index in [1.165, 1.54) is 0 Å². The average Bonchev–Trinajstić information content (AvgIpc) is 2.73. The van der Waals surface area contributed by atoms with Crippen LogP contribution in [0.1, 0.15) is 42.0 Å². The van der Waals surface area contributed by atoms with Gasteiger partial charge in [-0.15, -0.1) is 0 Å². The molecule has 0 heterocycles. The van der Waals surface area contributed by atoms with Crippen molar-refractivity contribution in [3.8, 4) is 0 Å². The lowest BCUT2D eigenvalue weighted by molar-refractivity contribution is -0.121. The lowest BCUT2D eigenvalue weighted by Crippen LogP contribution is -2.30. The first-order valence-corrected chi connectivity index (χ1v) is 9.71. The van der Waals surface area contributed by atoms with Crippen molar-refractivity contribution in [3.05, 3.63) is 107 Å². The molecule has 0 spiro atoms. The number of carbonyl (C=O) groups excluding carboxylic acids is 1. The molecule has 3 nitrogen and oxygen atoms in total. The molecule has 3 aromatic carbocycles. The number of ether oxygens (including phenoxy) is 1. The first kappa shape index (κ1) is 19.8. The van der Waals surface area contributed by atoms with Crippen LogP contribution in [0.5, 0.6) is 0 Å². The SMILES string of the molecule is CC(C)OCc1ccccc1CNC(=O)C(c1ccccc1)c1ccccc1. The molecule has 0 aliphatic carbocycles. The summed E-state index contributed by atoms with van der Waals surface area (Å²) in [5.41, 5.74) is 4.16. The van der Waals surface area contributed by atoms with E-state index in [0.29, 0.717) is 13.2 Å². The zero-order chi connectivity index (χ0) is 19.8. The zero-order valence-corrected chi connectivity index (χ0v) is 16.5. The summed E-state index contributed by atoms with van der Waals surface area (Å²) in [4.78, 5) is 13.2. The van der Waals surface area contributed by atoms with E-state index in [2.05, 4.69) is 11.4 Å². The molecule has 1 amide bonds. The average molecular weight is 373 g/mol. The first-order valence-electron chi connectivity index (χ1n) is 9.71. The normalized spacial score (nSPS) is 11.0. The van der Waals surface area contributed by atoms with Crippen molar-refractivity contribution < 1.29 is 9.53 Å². The van der Waals surface area contributed by atoms with Gasteiger partial charge >= 0.3 is 0 Å². The number of rotatable bonds is 8. The van der Waals surface area contributed by atoms with Crippen molar-refractivity contribution in [2.45, 2.75) is 39.0 Å². The first-order chi connectivity index (χ1) is 13.6. The highest BCUT2D eigenvalue weighted by molar-refractivity contribution is 5.87. The smallest absolute Gasteiger partial charge is 0.232 e. The fraction of sp³-hybridized carbons (Fsp3) is 0.240. The third kappa shape index (κ3) is 5.30. The number of amides is 1. The van der Waals surface area contributed by atoms with E-state index in [4.69, 9.17) is 4.74 Å². The van der Waals surface area contributed by atoms with Crippen LogP contribution in [0.2, 0.25) is 0 Å². The summed E-state index contributed by atoms with van der Waals surface area (Å²) in [6.07, 6.45) is 0.170. The molecule has 28 heavy (non-hydrogen) atoms. The van der Waals surface area contributed by atoms with Crippen LogP contribution in [0.25, 0.3) is 0 Å². The molecule has 0 fully saturated rings. The molecule has 0 saturated heterocycles.